The first kappa shape index (κ1) is 13.7. The van der Waals surface area contributed by atoms with Crippen LogP contribution in [0, 0.1) is 20.8 Å². The highest BCUT2D eigenvalue weighted by molar-refractivity contribution is 5.63. The van der Waals surface area contributed by atoms with Gasteiger partial charge in [-0.05, 0) is 44.9 Å². The van der Waals surface area contributed by atoms with Crippen LogP contribution >= 0.6 is 0 Å². The van der Waals surface area contributed by atoms with Gasteiger partial charge in [0.1, 0.15) is 0 Å². The molecule has 2 rings (SSSR count). The van der Waals surface area contributed by atoms with Gasteiger partial charge in [0.05, 0.1) is 6.54 Å². The largest absolute Gasteiger partial charge is 0.419 e. The Labute approximate surface area is 114 Å². The van der Waals surface area contributed by atoms with Gasteiger partial charge in [0.15, 0.2) is 0 Å². The van der Waals surface area contributed by atoms with Crippen LogP contribution in [0.1, 0.15) is 35.9 Å². The van der Waals surface area contributed by atoms with E-state index < -0.39 is 0 Å². The summed E-state index contributed by atoms with van der Waals surface area (Å²) < 4.78 is 5.73. The maximum atomic E-state index is 5.73. The molecule has 0 bridgehead atoms. The van der Waals surface area contributed by atoms with Gasteiger partial charge in [0, 0.05) is 5.56 Å². The van der Waals surface area contributed by atoms with E-state index in [0.717, 1.165) is 18.5 Å². The molecule has 0 aliphatic carbocycles. The summed E-state index contributed by atoms with van der Waals surface area (Å²) in [6.07, 6.45) is 1.09. The lowest BCUT2D eigenvalue weighted by atomic mass is 10.00. The van der Waals surface area contributed by atoms with Crippen molar-refractivity contribution in [3.8, 4) is 11.5 Å². The van der Waals surface area contributed by atoms with Gasteiger partial charge in [-0.25, -0.2) is 0 Å². The van der Waals surface area contributed by atoms with Crippen LogP contribution in [-0.4, -0.2) is 16.7 Å². The molecule has 0 aliphatic heterocycles. The summed E-state index contributed by atoms with van der Waals surface area (Å²) in [5.74, 6) is 1.26. The third-order valence-corrected chi connectivity index (χ3v) is 3.06. The molecule has 1 aromatic carbocycles. The molecule has 0 saturated heterocycles. The molecule has 0 atom stereocenters. The average molecular weight is 259 g/mol. The lowest BCUT2D eigenvalue weighted by Gasteiger charge is -2.07. The molecule has 1 heterocycles. The highest BCUT2D eigenvalue weighted by atomic mass is 16.4. The number of nitrogens with one attached hydrogen (secondary N) is 1. The number of hydrogen-bond acceptors (Lipinski definition) is 4. The van der Waals surface area contributed by atoms with E-state index in [1.165, 1.54) is 16.7 Å². The molecule has 102 valence electrons. The first-order chi connectivity index (χ1) is 9.11. The summed E-state index contributed by atoms with van der Waals surface area (Å²) >= 11 is 0. The smallest absolute Gasteiger partial charge is 0.248 e. The van der Waals surface area contributed by atoms with Crippen molar-refractivity contribution >= 4 is 0 Å². The van der Waals surface area contributed by atoms with Gasteiger partial charge in [-0.15, -0.1) is 10.2 Å². The van der Waals surface area contributed by atoms with Crippen LogP contribution < -0.4 is 5.32 Å². The van der Waals surface area contributed by atoms with Gasteiger partial charge >= 0.3 is 0 Å². The van der Waals surface area contributed by atoms with Crippen molar-refractivity contribution < 1.29 is 4.42 Å². The summed E-state index contributed by atoms with van der Waals surface area (Å²) in [4.78, 5) is 0. The zero-order chi connectivity index (χ0) is 13.8. The van der Waals surface area contributed by atoms with E-state index in [-0.39, 0.29) is 0 Å². The molecule has 0 saturated carbocycles. The van der Waals surface area contributed by atoms with Gasteiger partial charge in [0.25, 0.3) is 0 Å². The number of rotatable bonds is 5. The van der Waals surface area contributed by atoms with E-state index in [1.807, 2.05) is 0 Å². The third-order valence-electron chi connectivity index (χ3n) is 3.06. The van der Waals surface area contributed by atoms with E-state index in [4.69, 9.17) is 4.42 Å². The second-order valence-electron chi connectivity index (χ2n) is 4.95. The highest BCUT2D eigenvalue weighted by Crippen LogP contribution is 2.27. The van der Waals surface area contributed by atoms with Crippen molar-refractivity contribution in [3.63, 3.8) is 0 Å². The van der Waals surface area contributed by atoms with Gasteiger partial charge < -0.3 is 9.73 Å². The molecule has 2 aromatic rings. The molecular formula is C15H21N3O. The summed E-state index contributed by atoms with van der Waals surface area (Å²) in [5, 5.41) is 11.5. The maximum Gasteiger partial charge on any atom is 0.248 e. The van der Waals surface area contributed by atoms with Crippen LogP contribution in [0.2, 0.25) is 0 Å². The Balaban J connectivity index is 2.23. The fraction of sp³-hybridized carbons (Fsp3) is 0.467. The fourth-order valence-corrected chi connectivity index (χ4v) is 2.32. The average Bonchev–Trinajstić information content (AvgIpc) is 2.76. The van der Waals surface area contributed by atoms with E-state index in [9.17, 15) is 0 Å². The second kappa shape index (κ2) is 5.97. The standard InChI is InChI=1S/C15H21N3O/c1-5-6-16-9-13-17-18-15(19-13)14-11(3)7-10(2)8-12(14)4/h7-8,16H,5-6,9H2,1-4H3. The van der Waals surface area contributed by atoms with Crippen molar-refractivity contribution in [2.75, 3.05) is 6.54 Å². The quantitative estimate of drug-likeness (QED) is 0.838. The zero-order valence-electron chi connectivity index (χ0n) is 12.1. The summed E-state index contributed by atoms with van der Waals surface area (Å²) in [6.45, 7) is 9.97. The van der Waals surface area contributed by atoms with E-state index in [0.29, 0.717) is 18.3 Å². The predicted octanol–water partition coefficient (Wildman–Crippen LogP) is 3.16. The number of aromatic nitrogens is 2. The van der Waals surface area contributed by atoms with Gasteiger partial charge in [-0.2, -0.15) is 0 Å². The van der Waals surface area contributed by atoms with E-state index >= 15 is 0 Å². The summed E-state index contributed by atoms with van der Waals surface area (Å²) in [5.41, 5.74) is 4.66. The van der Waals surface area contributed by atoms with Crippen molar-refractivity contribution in [3.05, 3.63) is 34.7 Å². The molecule has 0 radical (unpaired) electrons. The minimum atomic E-state index is 0.614. The molecule has 0 spiro atoms. The minimum Gasteiger partial charge on any atom is -0.419 e. The molecule has 0 aliphatic rings. The topological polar surface area (TPSA) is 51.0 Å². The molecule has 0 amide bonds. The van der Waals surface area contributed by atoms with Crippen LogP contribution in [0.5, 0.6) is 0 Å². The zero-order valence-corrected chi connectivity index (χ0v) is 12.1. The monoisotopic (exact) mass is 259 g/mol. The van der Waals surface area contributed by atoms with Gasteiger partial charge in [0.2, 0.25) is 11.8 Å². The van der Waals surface area contributed by atoms with Crippen molar-refractivity contribution in [2.24, 2.45) is 0 Å². The van der Waals surface area contributed by atoms with E-state index in [2.05, 4.69) is 55.3 Å². The lowest BCUT2D eigenvalue weighted by Crippen LogP contribution is -2.13. The molecule has 1 N–H and O–H groups in total. The normalized spacial score (nSPS) is 10.9. The predicted molar refractivity (Wildman–Crippen MR) is 75.9 cm³/mol. The maximum absolute atomic E-state index is 5.73. The molecule has 4 nitrogen and oxygen atoms in total. The van der Waals surface area contributed by atoms with Crippen molar-refractivity contribution in [1.29, 1.82) is 0 Å². The van der Waals surface area contributed by atoms with Gasteiger partial charge in [-0.1, -0.05) is 24.6 Å². The minimum absolute atomic E-state index is 0.614. The Hall–Kier alpha value is -1.68. The number of nitrogens with zero attached hydrogens (tertiary/aromatic N) is 2. The van der Waals surface area contributed by atoms with Gasteiger partial charge in [-0.3, -0.25) is 0 Å². The summed E-state index contributed by atoms with van der Waals surface area (Å²) in [7, 11) is 0. The molecule has 1 aromatic heterocycles. The first-order valence-electron chi connectivity index (χ1n) is 6.73. The molecule has 0 unspecified atom stereocenters. The molecule has 19 heavy (non-hydrogen) atoms. The molecule has 4 heteroatoms. The Bertz CT molecular complexity index is 537. The van der Waals surface area contributed by atoms with Crippen molar-refractivity contribution in [2.45, 2.75) is 40.7 Å². The Morgan fingerprint density at radius 3 is 2.42 bits per heavy atom. The molecule has 0 fully saturated rings. The number of aryl methyl sites for hydroxylation is 3. The van der Waals surface area contributed by atoms with Crippen LogP contribution in [0.4, 0.5) is 0 Å². The number of hydrogen-bond donors (Lipinski definition) is 1. The van der Waals surface area contributed by atoms with Crippen LogP contribution in [0.25, 0.3) is 11.5 Å². The van der Waals surface area contributed by atoms with Crippen LogP contribution in [0.15, 0.2) is 16.5 Å². The summed E-state index contributed by atoms with van der Waals surface area (Å²) in [6, 6.07) is 4.28. The Morgan fingerprint density at radius 1 is 1.11 bits per heavy atom. The third kappa shape index (κ3) is 3.20. The lowest BCUT2D eigenvalue weighted by molar-refractivity contribution is 0.477. The van der Waals surface area contributed by atoms with Crippen molar-refractivity contribution in [1.82, 2.24) is 15.5 Å². The Kier molecular flexibility index (Phi) is 4.32. The Morgan fingerprint density at radius 2 is 1.79 bits per heavy atom. The first-order valence-corrected chi connectivity index (χ1v) is 6.73. The highest BCUT2D eigenvalue weighted by Gasteiger charge is 2.13. The van der Waals surface area contributed by atoms with E-state index in [1.54, 1.807) is 0 Å². The van der Waals surface area contributed by atoms with Crippen LogP contribution in [-0.2, 0) is 6.54 Å². The number of benzene rings is 1. The van der Waals surface area contributed by atoms with Crippen LogP contribution in [0.3, 0.4) is 0 Å². The SMILES string of the molecule is CCCNCc1nnc(-c2c(C)cc(C)cc2C)o1. The fourth-order valence-electron chi connectivity index (χ4n) is 2.32. The second-order valence-corrected chi connectivity index (χ2v) is 4.95. The molecular weight excluding hydrogens is 238 g/mol.